The number of carbonyl (C=O) groups excluding carboxylic acids is 4. The number of Topliss-reactive ketones (excluding diaryl/α,β-unsaturated/α-hetero) is 1. The largest absolute Gasteiger partial charge is 0.465 e. The maximum absolute atomic E-state index is 12.7. The maximum Gasteiger partial charge on any atom is 0.340 e. The summed E-state index contributed by atoms with van der Waals surface area (Å²) in [5, 5.41) is 2.55. The van der Waals surface area contributed by atoms with Crippen molar-refractivity contribution in [3.8, 4) is 0 Å². The van der Waals surface area contributed by atoms with Crippen LogP contribution < -0.4 is 5.32 Å². The van der Waals surface area contributed by atoms with Gasteiger partial charge in [-0.1, -0.05) is 0 Å². The van der Waals surface area contributed by atoms with Crippen molar-refractivity contribution in [1.29, 1.82) is 0 Å². The van der Waals surface area contributed by atoms with E-state index in [1.165, 1.54) is 10.8 Å². The lowest BCUT2D eigenvalue weighted by Crippen LogP contribution is -2.28. The molecule has 1 atom stereocenters. The number of esters is 2. The maximum atomic E-state index is 12.7. The fourth-order valence-electron chi connectivity index (χ4n) is 2.46. The molecule has 124 valence electrons. The van der Waals surface area contributed by atoms with Gasteiger partial charge in [-0.2, -0.15) is 0 Å². The molecule has 1 aliphatic rings. The Morgan fingerprint density at radius 3 is 2.52 bits per heavy atom. The Kier molecular flexibility index (Phi) is 4.83. The van der Waals surface area contributed by atoms with Gasteiger partial charge in [0.2, 0.25) is 5.91 Å². The molecular weight excluding hydrogens is 304 g/mol. The number of fused-ring (bicyclic) bond motifs is 1. The van der Waals surface area contributed by atoms with Crippen molar-refractivity contribution in [3.63, 3.8) is 0 Å². The third-order valence-corrected chi connectivity index (χ3v) is 3.46. The van der Waals surface area contributed by atoms with Crippen LogP contribution in [0.4, 0.5) is 5.82 Å². The molecule has 1 aromatic rings. The Hall–Kier alpha value is -2.64. The monoisotopic (exact) mass is 322 g/mol. The highest BCUT2D eigenvalue weighted by molar-refractivity contribution is 6.20. The number of nitrogens with one attached hydrogen (secondary N) is 1. The molecule has 1 aliphatic heterocycles. The summed E-state index contributed by atoms with van der Waals surface area (Å²) in [6.07, 6.45) is 1.07. The fourth-order valence-corrected chi connectivity index (χ4v) is 2.46. The minimum absolute atomic E-state index is 0.0187. The van der Waals surface area contributed by atoms with Crippen LogP contribution in [0.3, 0.4) is 0 Å². The summed E-state index contributed by atoms with van der Waals surface area (Å²) < 4.78 is 11.2. The fraction of sp³-hybridized carbons (Fsp3) is 0.467. The van der Waals surface area contributed by atoms with E-state index in [4.69, 9.17) is 9.47 Å². The highest BCUT2D eigenvalue weighted by atomic mass is 16.5. The Labute approximate surface area is 132 Å². The molecule has 0 aromatic carbocycles. The molecule has 0 radical (unpaired) electrons. The number of amides is 1. The number of hydrogen-bond acceptors (Lipinski definition) is 6. The zero-order chi connectivity index (χ0) is 17.1. The van der Waals surface area contributed by atoms with Gasteiger partial charge in [-0.15, -0.1) is 0 Å². The molecule has 0 spiro atoms. The second-order valence-corrected chi connectivity index (χ2v) is 5.02. The first-order chi connectivity index (χ1) is 10.9. The molecule has 0 unspecified atom stereocenters. The second kappa shape index (κ2) is 6.64. The van der Waals surface area contributed by atoms with E-state index in [-0.39, 0.29) is 36.6 Å². The van der Waals surface area contributed by atoms with Gasteiger partial charge in [-0.3, -0.25) is 14.4 Å². The molecule has 23 heavy (non-hydrogen) atoms. The number of aryl methyl sites for hydroxylation is 1. The normalized spacial score (nSPS) is 17.1. The average Bonchev–Trinajstić information content (AvgIpc) is 2.74. The Balaban J connectivity index is 2.52. The van der Waals surface area contributed by atoms with Crippen molar-refractivity contribution in [1.82, 2.24) is 4.57 Å². The number of ether oxygens (including phenoxy) is 2. The van der Waals surface area contributed by atoms with Gasteiger partial charge in [0, 0.05) is 19.7 Å². The van der Waals surface area contributed by atoms with Crippen LogP contribution in [0.15, 0.2) is 6.20 Å². The van der Waals surface area contributed by atoms with Crippen LogP contribution in [0, 0.1) is 5.92 Å². The van der Waals surface area contributed by atoms with Crippen molar-refractivity contribution < 1.29 is 28.7 Å². The van der Waals surface area contributed by atoms with Gasteiger partial charge in [0.1, 0.15) is 11.7 Å². The van der Waals surface area contributed by atoms with Gasteiger partial charge < -0.3 is 19.4 Å². The Bertz CT molecular complexity index is 676. The molecule has 2 rings (SSSR count). The number of aromatic nitrogens is 1. The second-order valence-electron chi connectivity index (χ2n) is 5.02. The van der Waals surface area contributed by atoms with Gasteiger partial charge in [-0.05, 0) is 13.8 Å². The summed E-state index contributed by atoms with van der Waals surface area (Å²) in [6, 6.07) is 0. The van der Waals surface area contributed by atoms with Crippen molar-refractivity contribution >= 4 is 29.4 Å². The lowest BCUT2D eigenvalue weighted by Gasteiger charge is -2.11. The van der Waals surface area contributed by atoms with Crippen molar-refractivity contribution in [3.05, 3.63) is 17.3 Å². The minimum atomic E-state index is -1.27. The summed E-state index contributed by atoms with van der Waals surface area (Å²) in [4.78, 5) is 48.7. The summed E-state index contributed by atoms with van der Waals surface area (Å²) in [5.41, 5.74) is 0.000650. The third kappa shape index (κ3) is 3.10. The topological polar surface area (TPSA) is 104 Å². The first-order valence-corrected chi connectivity index (χ1v) is 7.27. The van der Waals surface area contributed by atoms with E-state index >= 15 is 0 Å². The van der Waals surface area contributed by atoms with Crippen LogP contribution in [0.1, 0.15) is 41.0 Å². The highest BCUT2D eigenvalue weighted by Crippen LogP contribution is 2.30. The third-order valence-electron chi connectivity index (χ3n) is 3.46. The summed E-state index contributed by atoms with van der Waals surface area (Å²) in [5.74, 6) is -3.68. The summed E-state index contributed by atoms with van der Waals surface area (Å²) in [7, 11) is 1.58. The van der Waals surface area contributed by atoms with Gasteiger partial charge in [-0.25, -0.2) is 4.79 Å². The number of carbonyl (C=O) groups is 4. The molecule has 0 saturated heterocycles. The number of hydrogen-bond donors (Lipinski definition) is 1. The molecular formula is C15H18N2O6. The predicted octanol–water partition coefficient (Wildman–Crippen LogP) is 0.906. The first-order valence-electron chi connectivity index (χ1n) is 7.27. The van der Waals surface area contributed by atoms with Crippen LogP contribution in [-0.4, -0.2) is 41.4 Å². The van der Waals surface area contributed by atoms with Crippen LogP contribution in [0.2, 0.25) is 0 Å². The summed E-state index contributed by atoms with van der Waals surface area (Å²) >= 11 is 0. The zero-order valence-corrected chi connectivity index (χ0v) is 13.2. The standard InChI is InChI=1S/C15H18N2O6/c1-4-22-14(20)8-6-10(18)16-13-11(12(8)19)9(7-17(13)3)15(21)23-5-2/h7-8H,4-6H2,1-3H3,(H,16,18)/t8-/m0/s1. The van der Waals surface area contributed by atoms with E-state index in [2.05, 4.69) is 5.32 Å². The van der Waals surface area contributed by atoms with Crippen LogP contribution in [-0.2, 0) is 26.1 Å². The minimum Gasteiger partial charge on any atom is -0.465 e. The van der Waals surface area contributed by atoms with Crippen LogP contribution >= 0.6 is 0 Å². The summed E-state index contributed by atoms with van der Waals surface area (Å²) in [6.45, 7) is 3.49. The Morgan fingerprint density at radius 1 is 1.26 bits per heavy atom. The van der Waals surface area contributed by atoms with Crippen molar-refractivity contribution in [2.24, 2.45) is 13.0 Å². The first kappa shape index (κ1) is 16.7. The lowest BCUT2D eigenvalue weighted by atomic mass is 9.94. The molecule has 0 saturated carbocycles. The van der Waals surface area contributed by atoms with E-state index in [0.717, 1.165) is 0 Å². The zero-order valence-electron chi connectivity index (χ0n) is 13.2. The number of ketones is 1. The SMILES string of the molecule is CCOC(=O)c1cn(C)c2c1C(=O)[C@@H](C(=O)OCC)CC(=O)N2. The van der Waals surface area contributed by atoms with Gasteiger partial charge in [0.05, 0.1) is 24.3 Å². The van der Waals surface area contributed by atoms with E-state index < -0.39 is 29.5 Å². The number of rotatable bonds is 4. The number of anilines is 1. The Morgan fingerprint density at radius 2 is 1.91 bits per heavy atom. The molecule has 0 aliphatic carbocycles. The van der Waals surface area contributed by atoms with Gasteiger partial charge in [0.25, 0.3) is 0 Å². The van der Waals surface area contributed by atoms with E-state index in [0.29, 0.717) is 0 Å². The van der Waals surface area contributed by atoms with Crippen molar-refractivity contribution in [2.75, 3.05) is 18.5 Å². The van der Waals surface area contributed by atoms with E-state index in [1.54, 1.807) is 20.9 Å². The molecule has 8 heteroatoms. The van der Waals surface area contributed by atoms with Crippen LogP contribution in [0.5, 0.6) is 0 Å². The smallest absolute Gasteiger partial charge is 0.340 e. The van der Waals surface area contributed by atoms with Gasteiger partial charge in [0.15, 0.2) is 5.78 Å². The highest BCUT2D eigenvalue weighted by Gasteiger charge is 2.39. The molecule has 2 heterocycles. The lowest BCUT2D eigenvalue weighted by molar-refractivity contribution is -0.147. The van der Waals surface area contributed by atoms with Crippen LogP contribution in [0.25, 0.3) is 0 Å². The molecule has 0 bridgehead atoms. The number of nitrogens with zero attached hydrogens (tertiary/aromatic N) is 1. The van der Waals surface area contributed by atoms with Gasteiger partial charge >= 0.3 is 11.9 Å². The molecule has 1 aromatic heterocycles. The molecule has 1 amide bonds. The molecule has 0 fully saturated rings. The molecule has 8 nitrogen and oxygen atoms in total. The van der Waals surface area contributed by atoms with Crippen molar-refractivity contribution in [2.45, 2.75) is 20.3 Å². The molecule has 1 N–H and O–H groups in total. The average molecular weight is 322 g/mol. The van der Waals surface area contributed by atoms with E-state index in [1.807, 2.05) is 0 Å². The van der Waals surface area contributed by atoms with E-state index in [9.17, 15) is 19.2 Å². The quantitative estimate of drug-likeness (QED) is 0.652. The predicted molar refractivity (Wildman–Crippen MR) is 79.1 cm³/mol.